The highest BCUT2D eigenvalue weighted by atomic mass is 16.7. The molecule has 1 saturated heterocycles. The fourth-order valence-corrected chi connectivity index (χ4v) is 4.03. The summed E-state index contributed by atoms with van der Waals surface area (Å²) < 4.78 is 32.8. The molecule has 4 rings (SSSR count). The Kier molecular flexibility index (Phi) is 7.14. The number of fused-ring (bicyclic) bond motifs is 1. The Morgan fingerprint density at radius 2 is 1.59 bits per heavy atom. The van der Waals surface area contributed by atoms with E-state index < -0.39 is 47.9 Å². The third-order valence-corrected chi connectivity index (χ3v) is 5.84. The van der Waals surface area contributed by atoms with Crippen LogP contribution in [-0.4, -0.2) is 83.5 Å². The highest BCUT2D eigenvalue weighted by Crippen LogP contribution is 2.44. The Balaban J connectivity index is 1.88. The minimum absolute atomic E-state index is 0.0269. The molecule has 5 N–H and O–H groups in total. The van der Waals surface area contributed by atoms with E-state index in [4.69, 9.17) is 28.1 Å². The van der Waals surface area contributed by atoms with Crippen molar-refractivity contribution in [3.63, 3.8) is 0 Å². The first kappa shape index (κ1) is 26.0. The average molecular weight is 520 g/mol. The second kappa shape index (κ2) is 10.1. The number of hydrogen-bond acceptors (Lipinski definition) is 12. The number of phenols is 1. The summed E-state index contributed by atoms with van der Waals surface area (Å²) in [4.78, 5) is 24.5. The molecular formula is C24H24O13. The third-order valence-electron chi connectivity index (χ3n) is 5.84. The first-order valence-electron chi connectivity index (χ1n) is 10.8. The molecule has 198 valence electrons. The number of aliphatic hydroxyl groups excluding tert-OH is 3. The molecule has 0 unspecified atom stereocenters. The van der Waals surface area contributed by atoms with Crippen LogP contribution in [0.4, 0.5) is 0 Å². The van der Waals surface area contributed by atoms with Crippen LogP contribution in [0.1, 0.15) is 0 Å². The lowest BCUT2D eigenvalue weighted by molar-refractivity contribution is -0.271. The molecule has 37 heavy (non-hydrogen) atoms. The molecule has 13 heteroatoms. The van der Waals surface area contributed by atoms with Crippen molar-refractivity contribution >= 4 is 16.9 Å². The van der Waals surface area contributed by atoms with Crippen molar-refractivity contribution in [3.05, 3.63) is 40.6 Å². The number of rotatable bonds is 7. The minimum atomic E-state index is -1.91. The van der Waals surface area contributed by atoms with E-state index in [1.54, 1.807) is 0 Å². The lowest BCUT2D eigenvalue weighted by atomic mass is 9.99. The van der Waals surface area contributed by atoms with Gasteiger partial charge in [0.2, 0.25) is 12.0 Å². The summed E-state index contributed by atoms with van der Waals surface area (Å²) >= 11 is 0. The molecule has 2 heterocycles. The standard InChI is InChI=1S/C24H24O13/c1-32-11-5-4-6-12(36-24-19(29)17(27)18(28)22(37-24)23(30)31)16(11)13-7-9(25)15-10(26)8-14(33-2)20(34-3)21(15)35-13/h4-8,17-19,22,24,26-29H,1-3H3,(H,30,31)/t17-,18-,19+,22+,24+/m0/s1. The second-order valence-corrected chi connectivity index (χ2v) is 8.00. The molecule has 0 saturated carbocycles. The van der Waals surface area contributed by atoms with Crippen LogP contribution in [0, 0.1) is 0 Å². The van der Waals surface area contributed by atoms with E-state index >= 15 is 0 Å². The Morgan fingerprint density at radius 3 is 2.22 bits per heavy atom. The number of aliphatic carboxylic acids is 1. The summed E-state index contributed by atoms with van der Waals surface area (Å²) in [6.07, 6.45) is -9.28. The Hall–Kier alpha value is -4.04. The SMILES string of the molecule is COc1cccc(O[C@@H]2O[C@@H](C(=O)O)[C@@H](O)[C@H](O)[C@H]2O)c1-c1cc(=O)c2c(O)cc(OC)c(OC)c2o1. The van der Waals surface area contributed by atoms with Crippen molar-refractivity contribution in [2.24, 2.45) is 0 Å². The van der Waals surface area contributed by atoms with Crippen molar-refractivity contribution in [3.8, 4) is 40.1 Å². The van der Waals surface area contributed by atoms with Gasteiger partial charge < -0.3 is 53.6 Å². The number of ether oxygens (including phenoxy) is 5. The van der Waals surface area contributed by atoms with E-state index in [-0.39, 0.29) is 45.3 Å². The van der Waals surface area contributed by atoms with Crippen molar-refractivity contribution in [2.45, 2.75) is 30.7 Å². The van der Waals surface area contributed by atoms with E-state index in [1.807, 2.05) is 0 Å². The van der Waals surface area contributed by atoms with Gasteiger partial charge in [-0.1, -0.05) is 6.07 Å². The van der Waals surface area contributed by atoms with Gasteiger partial charge in [-0.15, -0.1) is 0 Å². The number of carbonyl (C=O) groups is 1. The number of aliphatic hydroxyl groups is 3. The molecule has 0 amide bonds. The summed E-state index contributed by atoms with van der Waals surface area (Å²) in [6.45, 7) is 0. The Morgan fingerprint density at radius 1 is 0.919 bits per heavy atom. The van der Waals surface area contributed by atoms with Crippen LogP contribution >= 0.6 is 0 Å². The van der Waals surface area contributed by atoms with Crippen LogP contribution in [0.2, 0.25) is 0 Å². The monoisotopic (exact) mass is 520 g/mol. The fraction of sp³-hybridized carbons (Fsp3) is 0.333. The average Bonchev–Trinajstić information content (AvgIpc) is 2.87. The molecule has 1 aliphatic heterocycles. The maximum Gasteiger partial charge on any atom is 0.335 e. The quantitative estimate of drug-likeness (QED) is 0.289. The number of methoxy groups -OCH3 is 3. The molecule has 13 nitrogen and oxygen atoms in total. The summed E-state index contributed by atoms with van der Waals surface area (Å²) in [7, 11) is 3.99. The van der Waals surface area contributed by atoms with E-state index in [2.05, 4.69) is 0 Å². The van der Waals surface area contributed by atoms with E-state index in [0.717, 1.165) is 6.07 Å². The molecule has 1 aromatic heterocycles. The largest absolute Gasteiger partial charge is 0.507 e. The number of aromatic hydroxyl groups is 1. The number of benzene rings is 2. The van der Waals surface area contributed by atoms with E-state index in [1.165, 1.54) is 45.6 Å². The Bertz CT molecular complexity index is 1380. The maximum absolute atomic E-state index is 13.0. The lowest BCUT2D eigenvalue weighted by Gasteiger charge is -2.38. The predicted octanol–water partition coefficient (Wildman–Crippen LogP) is 0.462. The van der Waals surface area contributed by atoms with Gasteiger partial charge >= 0.3 is 5.97 Å². The summed E-state index contributed by atoms with van der Waals surface area (Å²) in [5.74, 6) is -1.93. The topological polar surface area (TPSA) is 195 Å². The van der Waals surface area contributed by atoms with Crippen LogP contribution < -0.4 is 24.4 Å². The highest BCUT2D eigenvalue weighted by molar-refractivity contribution is 5.92. The van der Waals surface area contributed by atoms with E-state index in [9.17, 15) is 35.1 Å². The van der Waals surface area contributed by atoms with Crippen molar-refractivity contribution in [1.82, 2.24) is 0 Å². The van der Waals surface area contributed by atoms with E-state index in [0.29, 0.717) is 0 Å². The van der Waals surface area contributed by atoms with Gasteiger partial charge in [0, 0.05) is 12.1 Å². The van der Waals surface area contributed by atoms with Crippen LogP contribution in [-0.2, 0) is 9.53 Å². The summed E-state index contributed by atoms with van der Waals surface area (Å²) in [5.41, 5.74) is -0.737. The normalized spacial score (nSPS) is 23.5. The number of phenolic OH excluding ortho intramolecular Hbond substituents is 1. The zero-order chi connectivity index (χ0) is 27.0. The van der Waals surface area contributed by atoms with Crippen LogP contribution in [0.15, 0.2) is 39.5 Å². The molecular weight excluding hydrogens is 496 g/mol. The van der Waals surface area contributed by atoms with Gasteiger partial charge in [0.1, 0.15) is 52.3 Å². The van der Waals surface area contributed by atoms with Gasteiger partial charge in [-0.25, -0.2) is 4.79 Å². The summed E-state index contributed by atoms with van der Waals surface area (Å²) in [5, 5.41) is 50.0. The molecule has 1 fully saturated rings. The molecule has 2 aromatic carbocycles. The van der Waals surface area contributed by atoms with Gasteiger partial charge in [0.15, 0.2) is 22.9 Å². The number of carboxylic acid groups (broad SMARTS) is 1. The molecule has 0 spiro atoms. The van der Waals surface area contributed by atoms with Gasteiger partial charge in [-0.3, -0.25) is 4.79 Å². The zero-order valence-electron chi connectivity index (χ0n) is 19.8. The first-order chi connectivity index (χ1) is 17.6. The molecule has 1 aliphatic rings. The first-order valence-corrected chi connectivity index (χ1v) is 10.8. The number of carboxylic acids is 1. The summed E-state index contributed by atoms with van der Waals surface area (Å²) in [6, 6.07) is 6.68. The minimum Gasteiger partial charge on any atom is -0.507 e. The Labute approximate surface area is 208 Å². The fourth-order valence-electron chi connectivity index (χ4n) is 4.03. The smallest absolute Gasteiger partial charge is 0.335 e. The molecule has 3 aromatic rings. The third kappa shape index (κ3) is 4.49. The van der Waals surface area contributed by atoms with Crippen LogP contribution in [0.3, 0.4) is 0 Å². The second-order valence-electron chi connectivity index (χ2n) is 8.00. The van der Waals surface area contributed by atoms with Gasteiger partial charge in [0.25, 0.3) is 0 Å². The lowest BCUT2D eigenvalue weighted by Crippen LogP contribution is -2.61. The molecule has 0 radical (unpaired) electrons. The maximum atomic E-state index is 13.0. The van der Waals surface area contributed by atoms with Gasteiger partial charge in [-0.2, -0.15) is 0 Å². The van der Waals surface area contributed by atoms with Crippen LogP contribution in [0.5, 0.6) is 28.7 Å². The van der Waals surface area contributed by atoms with Crippen LogP contribution in [0.25, 0.3) is 22.3 Å². The van der Waals surface area contributed by atoms with Crippen molar-refractivity contribution < 1.29 is 58.4 Å². The zero-order valence-corrected chi connectivity index (χ0v) is 19.8. The number of hydrogen-bond donors (Lipinski definition) is 5. The van der Waals surface area contributed by atoms with Crippen molar-refractivity contribution in [2.75, 3.05) is 21.3 Å². The molecule has 5 atom stereocenters. The van der Waals surface area contributed by atoms with Gasteiger partial charge in [0.05, 0.1) is 21.3 Å². The highest BCUT2D eigenvalue weighted by Gasteiger charge is 2.48. The molecule has 0 bridgehead atoms. The van der Waals surface area contributed by atoms with Crippen molar-refractivity contribution in [1.29, 1.82) is 0 Å². The van der Waals surface area contributed by atoms with Gasteiger partial charge in [-0.05, 0) is 12.1 Å². The molecule has 0 aliphatic carbocycles. The predicted molar refractivity (Wildman–Crippen MR) is 124 cm³/mol.